The van der Waals surface area contributed by atoms with Gasteiger partial charge in [0.1, 0.15) is 17.7 Å². The average molecular weight is 244 g/mol. The minimum Gasteiger partial charge on any atom is -0.485 e. The Hall–Kier alpha value is -1.87. The smallest absolute Gasteiger partial charge is 0.127 e. The first kappa shape index (κ1) is 11.2. The lowest BCUT2D eigenvalue weighted by atomic mass is 9.95. The Morgan fingerprint density at radius 1 is 1.11 bits per heavy atom. The summed E-state index contributed by atoms with van der Waals surface area (Å²) in [6, 6.07) is 14.0. The molecule has 0 amide bonds. The van der Waals surface area contributed by atoms with E-state index in [1.807, 2.05) is 30.3 Å². The van der Waals surface area contributed by atoms with Gasteiger partial charge in [-0.05, 0) is 23.8 Å². The maximum atomic E-state index is 13.1. The fourth-order valence-electron chi connectivity index (χ4n) is 2.29. The molecule has 1 heterocycles. The molecule has 0 fully saturated rings. The highest BCUT2D eigenvalue weighted by Gasteiger charge is 2.28. The van der Waals surface area contributed by atoms with Crippen molar-refractivity contribution in [1.29, 1.82) is 0 Å². The maximum absolute atomic E-state index is 13.1. The van der Waals surface area contributed by atoms with Gasteiger partial charge < -0.3 is 9.84 Å². The number of hydrogen-bond acceptors (Lipinski definition) is 2. The molecule has 0 bridgehead atoms. The highest BCUT2D eigenvalue weighted by molar-refractivity contribution is 5.38. The molecule has 1 aliphatic heterocycles. The molecule has 0 saturated carbocycles. The molecule has 2 nitrogen and oxygen atoms in total. The number of ether oxygens (including phenoxy) is 1. The van der Waals surface area contributed by atoms with Crippen LogP contribution in [0.1, 0.15) is 29.8 Å². The standard InChI is InChI=1S/C15H13FO2/c16-11-6-7-14-12(8-11)13(17)9-15(18-14)10-4-2-1-3-5-10/h1-8,13,15,17H,9H2. The Labute approximate surface area is 105 Å². The zero-order chi connectivity index (χ0) is 12.5. The van der Waals surface area contributed by atoms with Gasteiger partial charge in [-0.15, -0.1) is 0 Å². The number of fused-ring (bicyclic) bond motifs is 1. The monoisotopic (exact) mass is 244 g/mol. The van der Waals surface area contributed by atoms with E-state index in [0.717, 1.165) is 5.56 Å². The molecule has 0 radical (unpaired) electrons. The second kappa shape index (κ2) is 4.42. The highest BCUT2D eigenvalue weighted by Crippen LogP contribution is 2.40. The van der Waals surface area contributed by atoms with E-state index in [1.54, 1.807) is 6.07 Å². The van der Waals surface area contributed by atoms with Gasteiger partial charge in [0.25, 0.3) is 0 Å². The van der Waals surface area contributed by atoms with Crippen molar-refractivity contribution in [2.24, 2.45) is 0 Å². The van der Waals surface area contributed by atoms with Gasteiger partial charge in [-0.3, -0.25) is 0 Å². The topological polar surface area (TPSA) is 29.5 Å². The van der Waals surface area contributed by atoms with Crippen molar-refractivity contribution in [2.75, 3.05) is 0 Å². The number of halogens is 1. The second-order valence-corrected chi connectivity index (χ2v) is 4.45. The summed E-state index contributed by atoms with van der Waals surface area (Å²) in [7, 11) is 0. The second-order valence-electron chi connectivity index (χ2n) is 4.45. The summed E-state index contributed by atoms with van der Waals surface area (Å²) in [4.78, 5) is 0. The van der Waals surface area contributed by atoms with Gasteiger partial charge in [0.15, 0.2) is 0 Å². The van der Waals surface area contributed by atoms with Crippen LogP contribution in [0.3, 0.4) is 0 Å². The van der Waals surface area contributed by atoms with Crippen LogP contribution in [0, 0.1) is 5.82 Å². The molecule has 3 rings (SSSR count). The van der Waals surface area contributed by atoms with Gasteiger partial charge in [-0.2, -0.15) is 0 Å². The van der Waals surface area contributed by atoms with E-state index in [4.69, 9.17) is 4.74 Å². The van der Waals surface area contributed by atoms with Gasteiger partial charge in [-0.25, -0.2) is 4.39 Å². The van der Waals surface area contributed by atoms with E-state index >= 15 is 0 Å². The summed E-state index contributed by atoms with van der Waals surface area (Å²) >= 11 is 0. The Balaban J connectivity index is 1.95. The molecule has 18 heavy (non-hydrogen) atoms. The molecular formula is C15H13FO2. The lowest BCUT2D eigenvalue weighted by molar-refractivity contribution is 0.0653. The number of rotatable bonds is 1. The number of aliphatic hydroxyl groups is 1. The van der Waals surface area contributed by atoms with Crippen molar-refractivity contribution in [3.8, 4) is 5.75 Å². The molecule has 0 spiro atoms. The van der Waals surface area contributed by atoms with Crippen LogP contribution in [0.25, 0.3) is 0 Å². The van der Waals surface area contributed by atoms with Gasteiger partial charge >= 0.3 is 0 Å². The first-order chi connectivity index (χ1) is 8.74. The molecule has 0 aliphatic carbocycles. The van der Waals surface area contributed by atoms with E-state index in [0.29, 0.717) is 17.7 Å². The molecule has 2 aromatic carbocycles. The molecule has 1 N–H and O–H groups in total. The van der Waals surface area contributed by atoms with Crippen molar-refractivity contribution in [1.82, 2.24) is 0 Å². The van der Waals surface area contributed by atoms with Crippen molar-refractivity contribution >= 4 is 0 Å². The van der Waals surface area contributed by atoms with Crippen molar-refractivity contribution in [3.05, 3.63) is 65.5 Å². The predicted molar refractivity (Wildman–Crippen MR) is 65.8 cm³/mol. The van der Waals surface area contributed by atoms with Crippen LogP contribution in [0.5, 0.6) is 5.75 Å². The van der Waals surface area contributed by atoms with Gasteiger partial charge in [0.2, 0.25) is 0 Å². The van der Waals surface area contributed by atoms with E-state index in [2.05, 4.69) is 0 Å². The molecule has 2 aromatic rings. The minimum atomic E-state index is -0.686. The van der Waals surface area contributed by atoms with Crippen LogP contribution >= 0.6 is 0 Å². The van der Waals surface area contributed by atoms with Crippen molar-refractivity contribution < 1.29 is 14.2 Å². The highest BCUT2D eigenvalue weighted by atomic mass is 19.1. The zero-order valence-electron chi connectivity index (χ0n) is 9.71. The van der Waals surface area contributed by atoms with Crippen LogP contribution in [0.15, 0.2) is 48.5 Å². The first-order valence-electron chi connectivity index (χ1n) is 5.93. The third kappa shape index (κ3) is 1.97. The third-order valence-corrected chi connectivity index (χ3v) is 3.21. The zero-order valence-corrected chi connectivity index (χ0v) is 9.71. The number of aliphatic hydroxyl groups excluding tert-OH is 1. The maximum Gasteiger partial charge on any atom is 0.127 e. The largest absolute Gasteiger partial charge is 0.485 e. The van der Waals surface area contributed by atoms with Crippen LogP contribution in [-0.2, 0) is 0 Å². The first-order valence-corrected chi connectivity index (χ1v) is 5.93. The van der Waals surface area contributed by atoms with E-state index in [1.165, 1.54) is 12.1 Å². The molecule has 0 aromatic heterocycles. The summed E-state index contributed by atoms with van der Waals surface area (Å²) in [6.07, 6.45) is -0.422. The van der Waals surface area contributed by atoms with Crippen molar-refractivity contribution in [3.63, 3.8) is 0 Å². The van der Waals surface area contributed by atoms with E-state index in [9.17, 15) is 9.50 Å². The third-order valence-electron chi connectivity index (χ3n) is 3.21. The summed E-state index contributed by atoms with van der Waals surface area (Å²) in [6.45, 7) is 0. The van der Waals surface area contributed by atoms with Gasteiger partial charge in [0, 0.05) is 12.0 Å². The van der Waals surface area contributed by atoms with Crippen molar-refractivity contribution in [2.45, 2.75) is 18.6 Å². The summed E-state index contributed by atoms with van der Waals surface area (Å²) in [5.41, 5.74) is 1.55. The van der Waals surface area contributed by atoms with Crippen LogP contribution in [0.2, 0.25) is 0 Å². The van der Waals surface area contributed by atoms with E-state index < -0.39 is 6.10 Å². The van der Waals surface area contributed by atoms with Crippen LogP contribution in [-0.4, -0.2) is 5.11 Å². The minimum absolute atomic E-state index is 0.181. The van der Waals surface area contributed by atoms with E-state index in [-0.39, 0.29) is 11.9 Å². The summed E-state index contributed by atoms with van der Waals surface area (Å²) in [5, 5.41) is 10.1. The Morgan fingerprint density at radius 2 is 1.89 bits per heavy atom. The Kier molecular flexibility index (Phi) is 2.76. The SMILES string of the molecule is OC1CC(c2ccccc2)Oc2ccc(F)cc21. The summed E-state index contributed by atoms with van der Waals surface area (Å²) < 4.78 is 18.9. The quantitative estimate of drug-likeness (QED) is 0.833. The normalized spacial score (nSPS) is 22.1. The average Bonchev–Trinajstić information content (AvgIpc) is 2.40. The molecule has 0 saturated heterocycles. The Morgan fingerprint density at radius 3 is 2.67 bits per heavy atom. The van der Waals surface area contributed by atoms with Crippen LogP contribution in [0.4, 0.5) is 4.39 Å². The molecule has 2 unspecified atom stereocenters. The lowest BCUT2D eigenvalue weighted by Gasteiger charge is -2.29. The molecule has 1 aliphatic rings. The fraction of sp³-hybridized carbons (Fsp3) is 0.200. The fourth-order valence-corrected chi connectivity index (χ4v) is 2.29. The van der Waals surface area contributed by atoms with Crippen LogP contribution < -0.4 is 4.74 Å². The summed E-state index contributed by atoms with van der Waals surface area (Å²) in [5.74, 6) is 0.207. The molecule has 2 atom stereocenters. The lowest BCUT2D eigenvalue weighted by Crippen LogP contribution is -2.19. The number of hydrogen-bond donors (Lipinski definition) is 1. The number of benzene rings is 2. The molecule has 3 heteroatoms. The van der Waals surface area contributed by atoms with Gasteiger partial charge in [0.05, 0.1) is 6.10 Å². The molecule has 92 valence electrons. The Bertz CT molecular complexity index is 554. The molecular weight excluding hydrogens is 231 g/mol. The predicted octanol–water partition coefficient (Wildman–Crippen LogP) is 3.38. The van der Waals surface area contributed by atoms with Gasteiger partial charge in [-0.1, -0.05) is 30.3 Å².